The van der Waals surface area contributed by atoms with Crippen LogP contribution in [-0.4, -0.2) is 91.8 Å². The van der Waals surface area contributed by atoms with Crippen LogP contribution in [0.5, 0.6) is 34.5 Å². The summed E-state index contributed by atoms with van der Waals surface area (Å²) in [5.74, 6) is 1.84. The maximum absolute atomic E-state index is 11.2. The van der Waals surface area contributed by atoms with Crippen molar-refractivity contribution in [3.05, 3.63) is 246 Å². The zero-order valence-corrected chi connectivity index (χ0v) is 73.3. The van der Waals surface area contributed by atoms with Gasteiger partial charge in [0.05, 0.1) is 77.7 Å². The van der Waals surface area contributed by atoms with Gasteiger partial charge in [-0.3, -0.25) is 58.7 Å². The van der Waals surface area contributed by atoms with Crippen LogP contribution in [0.1, 0.15) is 25.0 Å². The van der Waals surface area contributed by atoms with E-state index in [0.29, 0.717) is 136 Å². The lowest BCUT2D eigenvalue weighted by Crippen LogP contribution is -2.48. The van der Waals surface area contributed by atoms with Gasteiger partial charge in [0, 0.05) is 167 Å². The number of hydrogen-bond acceptors (Lipinski definition) is 31. The molecular weight excluding hydrogens is 1760 g/mol. The molecule has 19 aromatic heterocycles. The fourth-order valence-corrected chi connectivity index (χ4v) is 29.5. The largest absolute Gasteiger partial charge is 0.454 e. The van der Waals surface area contributed by atoms with Crippen LogP contribution in [-0.2, 0) is 34.2 Å². The molecule has 0 saturated heterocycles. The topological polar surface area (TPSA) is 287 Å². The molecule has 20 heterocycles. The lowest BCUT2D eigenvalue weighted by Gasteiger charge is -2.18. The van der Waals surface area contributed by atoms with Gasteiger partial charge < -0.3 is 32.8 Å². The summed E-state index contributed by atoms with van der Waals surface area (Å²) in [4.78, 5) is 123. The average molecular weight is 1810 g/mol. The van der Waals surface area contributed by atoms with Crippen molar-refractivity contribution in [2.75, 3.05) is 0 Å². The third-order valence-corrected chi connectivity index (χ3v) is 35.1. The predicted molar refractivity (Wildman–Crippen MR) is 493 cm³/mol. The van der Waals surface area contributed by atoms with Gasteiger partial charge in [0.25, 0.3) is 38.8 Å². The monoisotopic (exact) mass is 1810 g/mol. The molecule has 1 aliphatic heterocycles. The van der Waals surface area contributed by atoms with Crippen molar-refractivity contribution in [1.29, 1.82) is 0 Å². The Labute approximate surface area is 741 Å². The molecule has 1 aliphatic carbocycles. The van der Waals surface area contributed by atoms with E-state index >= 15 is 0 Å². The molecule has 0 atom stereocenters. The van der Waals surface area contributed by atoms with Crippen molar-refractivity contribution < 1.29 is 61.6 Å². The molecule has 2 aliphatic rings. The molecule has 0 bridgehead atoms. The summed E-state index contributed by atoms with van der Waals surface area (Å²) in [6.45, 7) is 11.6. The van der Waals surface area contributed by atoms with Gasteiger partial charge in [-0.2, -0.15) is 0 Å². The summed E-state index contributed by atoms with van der Waals surface area (Å²) < 4.78 is 38.7. The minimum Gasteiger partial charge on any atom is -0.454 e. The summed E-state index contributed by atoms with van der Waals surface area (Å²) in [5.41, 5.74) is 13.7. The summed E-state index contributed by atoms with van der Waals surface area (Å²) in [6.07, 6.45) is 9.75. The second kappa shape index (κ2) is 34.1. The standard InChI is InChI=1S/C32H21N3O4S3.C31H21N3O4S3Si.C29H15N3O5S3/c1-32(2)21-7-10-40-30(21)31-22(32)15-29(42-31)28-4-3-27(41-28)18-5-8-33-23(11-18)25-13-20(39-17-37)14-26(35-25)24-12-19(38-16-36)6-9-34-24;1-42(2)28-7-10-39-30(28)31-29(42)15-27(41-31)26-4-3-25(40-26)18-5-8-32-21(11-18)23-13-20(38-17-36)14-24(34-23)22-12-19(37-16-35)6-9-33-22;33-14-35-17-4-7-31-20(10-17)22-12-18(36-15-34)11-21(32-22)19-9-16(3-6-30-19)25-1-2-26(39-25)27-13-24-29(40-27)28-23(37-24)5-8-38-28/h2*3-17H,1-2H3;1-15H. The maximum atomic E-state index is 11.2. The highest BCUT2D eigenvalue weighted by molar-refractivity contribution is 7.32. The van der Waals surface area contributed by atoms with Crippen LogP contribution in [0.3, 0.4) is 0 Å². The Morgan fingerprint density at radius 3 is 1.10 bits per heavy atom. The lowest BCUT2D eigenvalue weighted by atomic mass is 9.84. The number of fused-ring (bicyclic) bond motifs is 9. The molecule has 0 N–H and O–H groups in total. The zero-order chi connectivity index (χ0) is 84.7. The van der Waals surface area contributed by atoms with Crippen LogP contribution in [0.25, 0.3) is 169 Å². The number of pyridine rings is 9. The minimum absolute atomic E-state index is 0.0196. The van der Waals surface area contributed by atoms with Gasteiger partial charge in [0.2, 0.25) is 0 Å². The van der Waals surface area contributed by atoms with E-state index < -0.39 is 8.07 Å². The Bertz CT molecular complexity index is 7100. The maximum Gasteiger partial charge on any atom is 0.298 e. The summed E-state index contributed by atoms with van der Waals surface area (Å²) in [7, 11) is -1.64. The van der Waals surface area contributed by atoms with Crippen molar-refractivity contribution in [2.45, 2.75) is 32.4 Å². The molecule has 0 spiro atoms. The number of ether oxygens (including phenoxy) is 6. The van der Waals surface area contributed by atoms with E-state index in [9.17, 15) is 28.8 Å². The number of aromatic nitrogens is 9. The Hall–Kier alpha value is -13.5. The van der Waals surface area contributed by atoms with Crippen molar-refractivity contribution in [3.63, 3.8) is 0 Å². The molecule has 124 heavy (non-hydrogen) atoms. The third-order valence-electron chi connectivity index (χ3n) is 20.6. The molecule has 22 nitrogen and oxygen atoms in total. The van der Waals surface area contributed by atoms with Gasteiger partial charge >= 0.3 is 0 Å². The zero-order valence-electron chi connectivity index (χ0n) is 65.0. The Morgan fingerprint density at radius 2 is 0.653 bits per heavy atom. The predicted octanol–water partition coefficient (Wildman–Crippen LogP) is 22.4. The number of carbonyl (C=O) groups excluding carboxylic acids is 6. The summed E-state index contributed by atoms with van der Waals surface area (Å²) >= 11 is 16.1. The molecule has 0 fully saturated rings. The molecule has 19 aromatic rings. The normalized spacial score (nSPS) is 12.4. The second-order valence-electron chi connectivity index (χ2n) is 28.7. The van der Waals surface area contributed by atoms with Gasteiger partial charge in [0.1, 0.15) is 53.7 Å². The first kappa shape index (κ1) is 80.2. The van der Waals surface area contributed by atoms with E-state index in [4.69, 9.17) is 47.8 Å². The van der Waals surface area contributed by atoms with Crippen LogP contribution in [0.2, 0.25) is 13.1 Å². The van der Waals surface area contributed by atoms with E-state index in [1.165, 1.54) is 78.1 Å². The van der Waals surface area contributed by atoms with Crippen molar-refractivity contribution >= 4 is 180 Å². The molecule has 0 unspecified atom stereocenters. The van der Waals surface area contributed by atoms with E-state index in [-0.39, 0.29) is 11.2 Å². The number of furan rings is 1. The Morgan fingerprint density at radius 1 is 0.290 bits per heavy atom. The molecule has 0 radical (unpaired) electrons. The van der Waals surface area contributed by atoms with Crippen molar-refractivity contribution in [1.82, 2.24) is 44.9 Å². The molecule has 0 saturated carbocycles. The lowest BCUT2D eigenvalue weighted by molar-refractivity contribution is -0.121. The highest BCUT2D eigenvalue weighted by Gasteiger charge is 2.41. The SMILES string of the molecule is CC1(C)c2ccsc2-c2sc(-c3ccc(-c4ccnc(-c5cc(OC=O)cc(-c6cc(OC=O)ccn6)n5)c4)s3)cc21.C[Si]1(C)c2ccsc2-c2sc(-c3ccc(-c4ccnc(-c5cc(OC=O)cc(-c6cc(OC=O)ccn6)n5)c4)s3)cc21.O=COc1ccnc(-c2cc(OC=O)cc(-c3cc(-c4ccc(-c5cc6oc7ccsc7c6s5)s4)ccn3)n2)c1. The Balaban J connectivity index is 0.000000122. The molecule has 21 rings (SSSR count). The summed E-state index contributed by atoms with van der Waals surface area (Å²) in [5, 5.41) is 9.57. The smallest absolute Gasteiger partial charge is 0.298 e. The quantitative estimate of drug-likeness (QED) is 0.0401. The highest BCUT2D eigenvalue weighted by atomic mass is 32.1. The number of rotatable bonds is 24. The average Bonchev–Trinajstić information content (AvgIpc) is 1.57. The first-order valence-electron chi connectivity index (χ1n) is 37.7. The van der Waals surface area contributed by atoms with Crippen molar-refractivity contribution in [2.24, 2.45) is 0 Å². The van der Waals surface area contributed by atoms with Crippen LogP contribution in [0.15, 0.2) is 240 Å². The van der Waals surface area contributed by atoms with E-state index in [1.54, 1.807) is 158 Å². The number of hydrogen-bond donors (Lipinski definition) is 0. The second-order valence-corrected chi connectivity index (χ2v) is 42.2. The molecule has 32 heteroatoms. The first-order chi connectivity index (χ1) is 60.6. The minimum atomic E-state index is -1.64. The fraction of sp³-hybridized carbons (Fsp3) is 0.0543. The van der Waals surface area contributed by atoms with Gasteiger partial charge in [0.15, 0.2) is 0 Å². The third kappa shape index (κ3) is 15.8. The molecule has 606 valence electrons. The number of thiophene rings is 9. The fourth-order valence-electron chi connectivity index (χ4n) is 14.7. The van der Waals surface area contributed by atoms with E-state index in [2.05, 4.69) is 134 Å². The van der Waals surface area contributed by atoms with Gasteiger partial charge in [-0.15, -0.1) is 102 Å². The Kier molecular flexibility index (Phi) is 22.0. The van der Waals surface area contributed by atoms with Gasteiger partial charge in [-0.1, -0.05) is 33.0 Å². The number of carbonyl (C=O) groups is 6. The molecule has 0 aromatic carbocycles. The summed E-state index contributed by atoms with van der Waals surface area (Å²) in [6, 6.07) is 57.3. The van der Waals surface area contributed by atoms with Crippen LogP contribution >= 0.6 is 102 Å². The van der Waals surface area contributed by atoms with Crippen LogP contribution < -0.4 is 38.8 Å². The van der Waals surface area contributed by atoms with Crippen molar-refractivity contribution in [3.8, 4) is 183 Å². The number of nitrogens with zero attached hydrogens (tertiary/aromatic N) is 9. The highest BCUT2D eigenvalue weighted by Crippen LogP contribution is 2.57. The molecule has 0 amide bonds. The van der Waals surface area contributed by atoms with E-state index in [1.807, 2.05) is 93.2 Å². The van der Waals surface area contributed by atoms with E-state index in [0.717, 1.165) is 52.2 Å². The van der Waals surface area contributed by atoms with Gasteiger partial charge in [-0.05, 0) is 170 Å². The first-order valence-corrected chi connectivity index (χ1v) is 48.2. The molecular formula is C92H57N9O13S9Si. The van der Waals surface area contributed by atoms with Crippen LogP contribution in [0, 0.1) is 0 Å². The van der Waals surface area contributed by atoms with Gasteiger partial charge in [-0.25, -0.2) is 15.0 Å². The van der Waals surface area contributed by atoms with Crippen LogP contribution in [0.4, 0.5) is 0 Å².